The number of hydrogen-bond donors (Lipinski definition) is 1. The van der Waals surface area contributed by atoms with Crippen molar-refractivity contribution in [2.45, 2.75) is 6.54 Å². The summed E-state index contributed by atoms with van der Waals surface area (Å²) in [7, 11) is 0. The zero-order valence-corrected chi connectivity index (χ0v) is 12.9. The molecule has 0 atom stereocenters. The van der Waals surface area contributed by atoms with Gasteiger partial charge in [0.25, 0.3) is 5.56 Å². The van der Waals surface area contributed by atoms with Gasteiger partial charge in [-0.1, -0.05) is 34.1 Å². The molecule has 0 aliphatic carbocycles. The van der Waals surface area contributed by atoms with Gasteiger partial charge < -0.3 is 9.88 Å². The molecule has 3 rings (SSSR count). The third-order valence-corrected chi connectivity index (χ3v) is 3.74. The first-order valence-electron chi connectivity index (χ1n) is 6.68. The SMILES string of the molecule is O=c1cnc2ccccc2n1CCNc1cccc(Br)c1. The van der Waals surface area contributed by atoms with Crippen LogP contribution in [-0.2, 0) is 6.54 Å². The van der Waals surface area contributed by atoms with Crippen molar-refractivity contribution in [1.29, 1.82) is 0 Å². The summed E-state index contributed by atoms with van der Waals surface area (Å²) in [6.07, 6.45) is 1.38. The van der Waals surface area contributed by atoms with Crippen molar-refractivity contribution in [3.05, 3.63) is 69.6 Å². The molecule has 0 bridgehead atoms. The van der Waals surface area contributed by atoms with Gasteiger partial charge >= 0.3 is 0 Å². The first-order chi connectivity index (χ1) is 10.2. The highest BCUT2D eigenvalue weighted by atomic mass is 79.9. The maximum atomic E-state index is 12.0. The van der Waals surface area contributed by atoms with E-state index < -0.39 is 0 Å². The van der Waals surface area contributed by atoms with Crippen LogP contribution in [-0.4, -0.2) is 16.1 Å². The maximum Gasteiger partial charge on any atom is 0.269 e. The highest BCUT2D eigenvalue weighted by Gasteiger charge is 2.03. The van der Waals surface area contributed by atoms with Gasteiger partial charge in [-0.05, 0) is 30.3 Å². The lowest BCUT2D eigenvalue weighted by atomic mass is 10.3. The Kier molecular flexibility index (Phi) is 4.01. The van der Waals surface area contributed by atoms with E-state index in [2.05, 4.69) is 26.2 Å². The normalized spacial score (nSPS) is 10.7. The Bertz CT molecular complexity index is 829. The van der Waals surface area contributed by atoms with Crippen molar-refractivity contribution >= 4 is 32.7 Å². The topological polar surface area (TPSA) is 46.9 Å². The largest absolute Gasteiger partial charge is 0.383 e. The number of nitrogens with one attached hydrogen (secondary N) is 1. The lowest BCUT2D eigenvalue weighted by Gasteiger charge is -2.11. The third kappa shape index (κ3) is 3.13. The van der Waals surface area contributed by atoms with Crippen LogP contribution in [0.1, 0.15) is 0 Å². The molecule has 0 fully saturated rings. The lowest BCUT2D eigenvalue weighted by molar-refractivity contribution is 0.721. The van der Waals surface area contributed by atoms with Crippen molar-refractivity contribution in [3.8, 4) is 0 Å². The number of hydrogen-bond acceptors (Lipinski definition) is 3. The van der Waals surface area contributed by atoms with E-state index in [1.165, 1.54) is 6.20 Å². The van der Waals surface area contributed by atoms with Gasteiger partial charge in [0.05, 0.1) is 17.2 Å². The average Bonchev–Trinajstić information content (AvgIpc) is 2.50. The van der Waals surface area contributed by atoms with Gasteiger partial charge in [-0.15, -0.1) is 0 Å². The molecule has 4 nitrogen and oxygen atoms in total. The van der Waals surface area contributed by atoms with Gasteiger partial charge in [0.15, 0.2) is 0 Å². The molecule has 0 saturated carbocycles. The van der Waals surface area contributed by atoms with E-state index in [4.69, 9.17) is 0 Å². The number of aromatic nitrogens is 2. The summed E-state index contributed by atoms with van der Waals surface area (Å²) < 4.78 is 2.77. The van der Waals surface area contributed by atoms with Gasteiger partial charge in [-0.3, -0.25) is 4.79 Å². The number of halogens is 1. The Balaban J connectivity index is 1.79. The summed E-state index contributed by atoms with van der Waals surface area (Å²) in [6, 6.07) is 15.6. The minimum atomic E-state index is -0.0789. The predicted octanol–water partition coefficient (Wildman–Crippen LogP) is 3.27. The second-order valence-corrected chi connectivity index (χ2v) is 5.59. The number of benzene rings is 2. The summed E-state index contributed by atoms with van der Waals surface area (Å²) >= 11 is 3.44. The van der Waals surface area contributed by atoms with E-state index in [0.29, 0.717) is 13.1 Å². The van der Waals surface area contributed by atoms with Gasteiger partial charge in [0, 0.05) is 23.2 Å². The Hall–Kier alpha value is -2.14. The van der Waals surface area contributed by atoms with E-state index >= 15 is 0 Å². The zero-order chi connectivity index (χ0) is 14.7. The quantitative estimate of drug-likeness (QED) is 0.790. The van der Waals surface area contributed by atoms with Crippen LogP contribution in [0.4, 0.5) is 5.69 Å². The number of rotatable bonds is 4. The van der Waals surface area contributed by atoms with Crippen molar-refractivity contribution in [2.75, 3.05) is 11.9 Å². The van der Waals surface area contributed by atoms with Crippen LogP contribution in [0.3, 0.4) is 0 Å². The Morgan fingerprint density at radius 1 is 1.14 bits per heavy atom. The lowest BCUT2D eigenvalue weighted by Crippen LogP contribution is -2.24. The van der Waals surface area contributed by atoms with Gasteiger partial charge in [-0.2, -0.15) is 0 Å². The van der Waals surface area contributed by atoms with Gasteiger partial charge in [0.1, 0.15) is 0 Å². The summed E-state index contributed by atoms with van der Waals surface area (Å²) in [4.78, 5) is 16.2. The van der Waals surface area contributed by atoms with Gasteiger partial charge in [0.2, 0.25) is 0 Å². The second kappa shape index (κ2) is 6.10. The summed E-state index contributed by atoms with van der Waals surface area (Å²) in [5.74, 6) is 0. The minimum absolute atomic E-state index is 0.0789. The van der Waals surface area contributed by atoms with Crippen LogP contribution >= 0.6 is 15.9 Å². The number of fused-ring (bicyclic) bond motifs is 1. The minimum Gasteiger partial charge on any atom is -0.383 e. The molecular weight excluding hydrogens is 330 g/mol. The molecule has 0 saturated heterocycles. The fourth-order valence-corrected chi connectivity index (χ4v) is 2.66. The Labute approximate surface area is 130 Å². The molecule has 21 heavy (non-hydrogen) atoms. The fourth-order valence-electron chi connectivity index (χ4n) is 2.26. The number of anilines is 1. The molecule has 0 aliphatic heterocycles. The van der Waals surface area contributed by atoms with E-state index in [0.717, 1.165) is 21.2 Å². The molecule has 5 heteroatoms. The summed E-state index contributed by atoms with van der Waals surface area (Å²) in [5.41, 5.74) is 2.64. The molecule has 0 radical (unpaired) electrons. The van der Waals surface area contributed by atoms with E-state index in [1.807, 2.05) is 48.5 Å². The van der Waals surface area contributed by atoms with Crippen LogP contribution in [0.5, 0.6) is 0 Å². The van der Waals surface area contributed by atoms with Crippen LogP contribution in [0, 0.1) is 0 Å². The Morgan fingerprint density at radius 3 is 2.86 bits per heavy atom. The van der Waals surface area contributed by atoms with Gasteiger partial charge in [-0.25, -0.2) is 4.98 Å². The van der Waals surface area contributed by atoms with Crippen molar-refractivity contribution < 1.29 is 0 Å². The zero-order valence-electron chi connectivity index (χ0n) is 11.3. The number of nitrogens with zero attached hydrogens (tertiary/aromatic N) is 2. The number of para-hydroxylation sites is 2. The molecule has 0 unspecified atom stereocenters. The second-order valence-electron chi connectivity index (χ2n) is 4.67. The smallest absolute Gasteiger partial charge is 0.269 e. The highest BCUT2D eigenvalue weighted by Crippen LogP contribution is 2.15. The van der Waals surface area contributed by atoms with E-state index in [9.17, 15) is 4.79 Å². The van der Waals surface area contributed by atoms with E-state index in [-0.39, 0.29) is 5.56 Å². The fraction of sp³-hybridized carbons (Fsp3) is 0.125. The predicted molar refractivity (Wildman–Crippen MR) is 88.6 cm³/mol. The summed E-state index contributed by atoms with van der Waals surface area (Å²) in [5, 5.41) is 3.32. The molecule has 1 heterocycles. The molecule has 106 valence electrons. The standard InChI is InChI=1S/C16H14BrN3O/c17-12-4-3-5-13(10-12)18-8-9-20-15-7-2-1-6-14(15)19-11-16(20)21/h1-7,10-11,18H,8-9H2. The van der Waals surface area contributed by atoms with Crippen LogP contribution in [0.15, 0.2) is 64.0 Å². The first-order valence-corrected chi connectivity index (χ1v) is 7.47. The molecule has 0 amide bonds. The van der Waals surface area contributed by atoms with Crippen molar-refractivity contribution in [3.63, 3.8) is 0 Å². The van der Waals surface area contributed by atoms with E-state index in [1.54, 1.807) is 4.57 Å². The average molecular weight is 344 g/mol. The Morgan fingerprint density at radius 2 is 2.00 bits per heavy atom. The molecule has 0 spiro atoms. The summed E-state index contributed by atoms with van der Waals surface area (Å²) in [6.45, 7) is 1.26. The molecular formula is C16H14BrN3O. The van der Waals surface area contributed by atoms with Crippen molar-refractivity contribution in [2.24, 2.45) is 0 Å². The molecule has 2 aromatic carbocycles. The first kappa shape index (κ1) is 13.8. The van der Waals surface area contributed by atoms with Crippen LogP contribution in [0.25, 0.3) is 11.0 Å². The molecule has 1 N–H and O–H groups in total. The van der Waals surface area contributed by atoms with Crippen molar-refractivity contribution in [1.82, 2.24) is 9.55 Å². The third-order valence-electron chi connectivity index (χ3n) is 3.24. The molecule has 1 aromatic heterocycles. The molecule has 0 aliphatic rings. The monoisotopic (exact) mass is 343 g/mol. The van der Waals surface area contributed by atoms with Crippen LogP contribution < -0.4 is 10.9 Å². The highest BCUT2D eigenvalue weighted by molar-refractivity contribution is 9.10. The maximum absolute atomic E-state index is 12.0. The van der Waals surface area contributed by atoms with Crippen LogP contribution in [0.2, 0.25) is 0 Å². The molecule has 3 aromatic rings.